The monoisotopic (exact) mass is 356 g/mol. The van der Waals surface area contributed by atoms with Gasteiger partial charge in [-0.1, -0.05) is 11.6 Å². The van der Waals surface area contributed by atoms with Gasteiger partial charge in [0.05, 0.1) is 16.3 Å². The summed E-state index contributed by atoms with van der Waals surface area (Å²) >= 11 is 5.61. The summed E-state index contributed by atoms with van der Waals surface area (Å²) in [6.45, 7) is 0.0664. The molecule has 2 rings (SSSR count). The van der Waals surface area contributed by atoms with E-state index in [1.807, 2.05) is 0 Å². The van der Waals surface area contributed by atoms with Gasteiger partial charge in [0.25, 0.3) is 0 Å². The first-order valence-electron chi connectivity index (χ1n) is 6.15. The van der Waals surface area contributed by atoms with Crippen LogP contribution in [0.25, 0.3) is 0 Å². The van der Waals surface area contributed by atoms with E-state index < -0.39 is 32.7 Å². The third kappa shape index (κ3) is 3.90. The predicted molar refractivity (Wildman–Crippen MR) is 74.9 cm³/mol. The number of sulfonamides is 1. The lowest BCUT2D eigenvalue weighted by Crippen LogP contribution is -2.27. The first-order valence-corrected chi connectivity index (χ1v) is 8.24. The van der Waals surface area contributed by atoms with Crippen LogP contribution in [0.5, 0.6) is 0 Å². The van der Waals surface area contributed by atoms with Crippen molar-refractivity contribution in [3.05, 3.63) is 28.8 Å². The van der Waals surface area contributed by atoms with Crippen LogP contribution in [-0.4, -0.2) is 26.6 Å². The molecule has 0 saturated carbocycles. The quantitative estimate of drug-likeness (QED) is 0.899. The molecule has 1 heterocycles. The third-order valence-electron chi connectivity index (χ3n) is 3.24. The Kier molecular flexibility index (Phi) is 4.42. The number of amides is 1. The van der Waals surface area contributed by atoms with Gasteiger partial charge in [0.15, 0.2) is 0 Å². The number of carbonyl (C=O) groups is 1. The van der Waals surface area contributed by atoms with Gasteiger partial charge in [-0.05, 0) is 18.2 Å². The molecule has 1 atom stereocenters. The smallest absolute Gasteiger partial charge is 0.312 e. The molecular formula is C12H12ClF3N2O3S. The summed E-state index contributed by atoms with van der Waals surface area (Å²) < 4.78 is 60.0. The van der Waals surface area contributed by atoms with Gasteiger partial charge in [0.1, 0.15) is 0 Å². The normalized spacial score (nSPS) is 19.8. The maximum atomic E-state index is 12.6. The van der Waals surface area contributed by atoms with E-state index in [0.29, 0.717) is 0 Å². The molecule has 1 saturated heterocycles. The molecule has 1 fully saturated rings. The number of hydrogen-bond donors (Lipinski definition) is 1. The van der Waals surface area contributed by atoms with Crippen LogP contribution in [0.15, 0.2) is 18.2 Å². The molecular weight excluding hydrogens is 345 g/mol. The molecule has 0 aromatic heterocycles. The van der Waals surface area contributed by atoms with E-state index in [9.17, 15) is 26.4 Å². The number of anilines is 1. The third-order valence-corrected chi connectivity index (χ3v) is 4.49. The summed E-state index contributed by atoms with van der Waals surface area (Å²) in [5, 5.41) is 4.41. The van der Waals surface area contributed by atoms with Gasteiger partial charge in [-0.2, -0.15) is 13.2 Å². The van der Waals surface area contributed by atoms with E-state index in [0.717, 1.165) is 18.2 Å². The molecule has 0 bridgehead atoms. The molecule has 1 aromatic rings. The highest BCUT2D eigenvalue weighted by atomic mass is 35.5. The molecule has 5 nitrogen and oxygen atoms in total. The minimum Gasteiger partial charge on any atom is -0.312 e. The maximum absolute atomic E-state index is 12.6. The summed E-state index contributed by atoms with van der Waals surface area (Å²) in [6, 6.07) is 2.96. The SMILES string of the molecule is NS(=O)(=O)CC1CC(=O)N(c2ccc(C(F)(F)F)c(Cl)c2)C1. The maximum Gasteiger partial charge on any atom is 0.417 e. The average molecular weight is 357 g/mol. The van der Waals surface area contributed by atoms with Crippen molar-refractivity contribution in [2.24, 2.45) is 11.1 Å². The Morgan fingerprint density at radius 3 is 2.50 bits per heavy atom. The van der Waals surface area contributed by atoms with Crippen molar-refractivity contribution in [3.8, 4) is 0 Å². The first-order chi connectivity index (χ1) is 9.97. The zero-order valence-corrected chi connectivity index (χ0v) is 12.7. The molecule has 0 radical (unpaired) electrons. The second-order valence-electron chi connectivity index (χ2n) is 5.07. The van der Waals surface area contributed by atoms with E-state index >= 15 is 0 Å². The van der Waals surface area contributed by atoms with E-state index in [1.165, 1.54) is 4.90 Å². The van der Waals surface area contributed by atoms with Crippen molar-refractivity contribution in [3.63, 3.8) is 0 Å². The largest absolute Gasteiger partial charge is 0.417 e. The van der Waals surface area contributed by atoms with Crippen molar-refractivity contribution in [2.45, 2.75) is 12.6 Å². The minimum absolute atomic E-state index is 0.0327. The molecule has 0 spiro atoms. The summed E-state index contributed by atoms with van der Waals surface area (Å²) in [6.07, 6.45) is -4.62. The first kappa shape index (κ1) is 17.0. The minimum atomic E-state index is -4.58. The fourth-order valence-corrected chi connectivity index (χ4v) is 3.54. The van der Waals surface area contributed by atoms with Crippen LogP contribution in [0.1, 0.15) is 12.0 Å². The Morgan fingerprint density at radius 1 is 1.36 bits per heavy atom. The zero-order chi connectivity index (χ0) is 16.7. The number of halogens is 4. The van der Waals surface area contributed by atoms with Crippen LogP contribution in [0.3, 0.4) is 0 Å². The van der Waals surface area contributed by atoms with E-state index in [1.54, 1.807) is 0 Å². The van der Waals surface area contributed by atoms with Crippen molar-refractivity contribution in [1.29, 1.82) is 0 Å². The summed E-state index contributed by atoms with van der Waals surface area (Å²) in [5.74, 6) is -1.24. The Morgan fingerprint density at radius 2 is 2.00 bits per heavy atom. The summed E-state index contributed by atoms with van der Waals surface area (Å²) in [4.78, 5) is 13.1. The summed E-state index contributed by atoms with van der Waals surface area (Å²) in [5.41, 5.74) is -0.800. The Hall–Kier alpha value is -1.32. The number of alkyl halides is 3. The predicted octanol–water partition coefficient (Wildman–Crippen LogP) is 2.00. The van der Waals surface area contributed by atoms with Crippen LogP contribution in [0.2, 0.25) is 5.02 Å². The lowest BCUT2D eigenvalue weighted by molar-refractivity contribution is -0.137. The average Bonchev–Trinajstić information content (AvgIpc) is 2.65. The Balaban J connectivity index is 2.22. The molecule has 1 aliphatic rings. The number of carbonyl (C=O) groups excluding carboxylic acids is 1. The highest BCUT2D eigenvalue weighted by Gasteiger charge is 2.36. The number of benzene rings is 1. The molecule has 1 unspecified atom stereocenters. The fourth-order valence-electron chi connectivity index (χ4n) is 2.37. The highest BCUT2D eigenvalue weighted by molar-refractivity contribution is 7.89. The van der Waals surface area contributed by atoms with Gasteiger partial charge >= 0.3 is 6.18 Å². The van der Waals surface area contributed by atoms with Crippen LogP contribution < -0.4 is 10.0 Å². The summed E-state index contributed by atoms with van der Waals surface area (Å²) in [7, 11) is -3.72. The van der Waals surface area contributed by atoms with Gasteiger partial charge in [0, 0.05) is 24.6 Å². The van der Waals surface area contributed by atoms with Crippen LogP contribution in [0.4, 0.5) is 18.9 Å². The second kappa shape index (κ2) is 5.71. The molecule has 1 aromatic carbocycles. The van der Waals surface area contributed by atoms with Crippen molar-refractivity contribution in [2.75, 3.05) is 17.2 Å². The number of nitrogens with zero attached hydrogens (tertiary/aromatic N) is 1. The number of primary sulfonamides is 1. The van der Waals surface area contributed by atoms with Crippen molar-refractivity contribution < 1.29 is 26.4 Å². The molecule has 2 N–H and O–H groups in total. The van der Waals surface area contributed by atoms with Gasteiger partial charge in [-0.3, -0.25) is 4.79 Å². The lowest BCUT2D eigenvalue weighted by Gasteiger charge is -2.18. The van der Waals surface area contributed by atoms with Gasteiger partial charge in [0.2, 0.25) is 15.9 Å². The Bertz CT molecular complexity index is 706. The molecule has 0 aliphatic carbocycles. The van der Waals surface area contributed by atoms with Gasteiger partial charge in [-0.25, -0.2) is 13.6 Å². The zero-order valence-electron chi connectivity index (χ0n) is 11.1. The highest BCUT2D eigenvalue weighted by Crippen LogP contribution is 2.37. The molecule has 1 aliphatic heterocycles. The second-order valence-corrected chi connectivity index (χ2v) is 7.13. The lowest BCUT2D eigenvalue weighted by atomic mass is 10.1. The van der Waals surface area contributed by atoms with E-state index in [-0.39, 0.29) is 30.3 Å². The molecule has 122 valence electrons. The molecule has 10 heteroatoms. The Labute approximate surface area is 129 Å². The number of nitrogens with two attached hydrogens (primary N) is 1. The number of hydrogen-bond acceptors (Lipinski definition) is 3. The van der Waals surface area contributed by atoms with Gasteiger partial charge in [-0.15, -0.1) is 0 Å². The van der Waals surface area contributed by atoms with E-state index in [4.69, 9.17) is 16.7 Å². The van der Waals surface area contributed by atoms with E-state index in [2.05, 4.69) is 0 Å². The molecule has 1 amide bonds. The standard InChI is InChI=1S/C12H12ClF3N2O3S/c13-10-4-8(1-2-9(10)12(14,15)16)18-5-7(3-11(18)19)6-22(17,20)21/h1-2,4,7H,3,5-6H2,(H2,17,20,21). The van der Waals surface area contributed by atoms with Crippen LogP contribution in [0, 0.1) is 5.92 Å². The topological polar surface area (TPSA) is 80.5 Å². The van der Waals surface area contributed by atoms with Crippen molar-refractivity contribution in [1.82, 2.24) is 0 Å². The van der Waals surface area contributed by atoms with Crippen LogP contribution in [-0.2, 0) is 21.0 Å². The molecule has 22 heavy (non-hydrogen) atoms. The number of rotatable bonds is 3. The van der Waals surface area contributed by atoms with Crippen molar-refractivity contribution >= 4 is 33.2 Å². The fraction of sp³-hybridized carbons (Fsp3) is 0.417. The van der Waals surface area contributed by atoms with Gasteiger partial charge < -0.3 is 4.90 Å². The van der Waals surface area contributed by atoms with Crippen LogP contribution >= 0.6 is 11.6 Å².